The van der Waals surface area contributed by atoms with Gasteiger partial charge in [0.1, 0.15) is 18.5 Å². The summed E-state index contributed by atoms with van der Waals surface area (Å²) >= 11 is 0. The molecule has 1 saturated heterocycles. The molecule has 1 N–H and O–H groups in total. The lowest BCUT2D eigenvalue weighted by atomic mass is 9.95. The molecule has 134 valence electrons. The van der Waals surface area contributed by atoms with E-state index < -0.39 is 0 Å². The van der Waals surface area contributed by atoms with Gasteiger partial charge in [0.25, 0.3) is 0 Å². The highest BCUT2D eigenvalue weighted by Gasteiger charge is 2.36. The van der Waals surface area contributed by atoms with Crippen molar-refractivity contribution in [2.75, 3.05) is 32.8 Å². The molecule has 2 aliphatic heterocycles. The zero-order valence-corrected chi connectivity index (χ0v) is 14.7. The molecule has 5 nitrogen and oxygen atoms in total. The number of nitrogens with one attached hydrogen (secondary N) is 1. The molecule has 0 amide bonds. The van der Waals surface area contributed by atoms with Gasteiger partial charge >= 0.3 is 0 Å². The van der Waals surface area contributed by atoms with Crippen LogP contribution in [0, 0.1) is 11.3 Å². The predicted molar refractivity (Wildman–Crippen MR) is 98.9 cm³/mol. The van der Waals surface area contributed by atoms with Crippen molar-refractivity contribution in [2.24, 2.45) is 0 Å². The Morgan fingerprint density at radius 2 is 2.00 bits per heavy atom. The zero-order chi connectivity index (χ0) is 17.8. The summed E-state index contributed by atoms with van der Waals surface area (Å²) in [7, 11) is 0. The van der Waals surface area contributed by atoms with Crippen molar-refractivity contribution in [1.29, 1.82) is 5.26 Å². The highest BCUT2D eigenvalue weighted by atomic mass is 16.5. The van der Waals surface area contributed by atoms with E-state index in [1.54, 1.807) is 0 Å². The van der Waals surface area contributed by atoms with E-state index >= 15 is 0 Å². The van der Waals surface area contributed by atoms with Crippen molar-refractivity contribution in [3.63, 3.8) is 0 Å². The van der Waals surface area contributed by atoms with Gasteiger partial charge in [-0.2, -0.15) is 5.26 Å². The van der Waals surface area contributed by atoms with Crippen LogP contribution in [-0.4, -0.2) is 43.8 Å². The Kier molecular flexibility index (Phi) is 5.16. The lowest BCUT2D eigenvalue weighted by Crippen LogP contribution is -2.51. The Morgan fingerprint density at radius 3 is 2.85 bits per heavy atom. The minimum atomic E-state index is -0.0336. The molecule has 0 spiro atoms. The number of benzene rings is 2. The van der Waals surface area contributed by atoms with Crippen LogP contribution in [0.15, 0.2) is 48.5 Å². The first-order valence-electron chi connectivity index (χ1n) is 9.12. The Bertz CT molecular complexity index is 796. The summed E-state index contributed by atoms with van der Waals surface area (Å²) in [6, 6.07) is 18.2. The molecule has 2 heterocycles. The first-order valence-corrected chi connectivity index (χ1v) is 9.12. The molecule has 0 unspecified atom stereocenters. The maximum Gasteiger partial charge on any atom is 0.124 e. The molecule has 0 bridgehead atoms. The second-order valence-corrected chi connectivity index (χ2v) is 6.74. The van der Waals surface area contributed by atoms with Crippen LogP contribution in [0.5, 0.6) is 5.75 Å². The molecule has 0 aromatic heterocycles. The van der Waals surface area contributed by atoms with E-state index in [1.165, 1.54) is 5.56 Å². The Labute approximate surface area is 154 Å². The van der Waals surface area contributed by atoms with Crippen LogP contribution in [0.1, 0.15) is 22.7 Å². The molecule has 0 radical (unpaired) electrons. The number of piperazine rings is 1. The predicted octanol–water partition coefficient (Wildman–Crippen LogP) is 2.48. The number of nitriles is 1. The monoisotopic (exact) mass is 349 g/mol. The fourth-order valence-electron chi connectivity index (χ4n) is 3.78. The van der Waals surface area contributed by atoms with Gasteiger partial charge in [0.05, 0.1) is 24.3 Å². The standard InChI is InChI=1S/C21H23N3O2/c22-13-16-4-3-5-17(12-16)14-25-20-15-26-19-7-2-1-6-18(19)21(20)24-10-8-23-9-11-24/h1-7,12,20-21,23H,8-11,14-15H2/t20-,21-/m1/s1. The Hall–Kier alpha value is -2.39. The van der Waals surface area contributed by atoms with Gasteiger partial charge in [0.2, 0.25) is 0 Å². The van der Waals surface area contributed by atoms with Gasteiger partial charge in [-0.05, 0) is 23.8 Å². The van der Waals surface area contributed by atoms with Crippen molar-refractivity contribution in [3.8, 4) is 11.8 Å². The summed E-state index contributed by atoms with van der Waals surface area (Å²) in [6.07, 6.45) is -0.0336. The van der Waals surface area contributed by atoms with E-state index in [1.807, 2.05) is 36.4 Å². The molecule has 5 heteroatoms. The minimum Gasteiger partial charge on any atom is -0.490 e. The van der Waals surface area contributed by atoms with Crippen molar-refractivity contribution in [3.05, 3.63) is 65.2 Å². The highest BCUT2D eigenvalue weighted by Crippen LogP contribution is 2.37. The summed E-state index contributed by atoms with van der Waals surface area (Å²) in [4.78, 5) is 2.49. The topological polar surface area (TPSA) is 57.5 Å². The van der Waals surface area contributed by atoms with Crippen LogP contribution in [-0.2, 0) is 11.3 Å². The molecular formula is C21H23N3O2. The Morgan fingerprint density at radius 1 is 1.15 bits per heavy atom. The SMILES string of the molecule is N#Cc1cccc(CO[C@@H]2COc3ccccc3[C@H]2N2CCNCC2)c1. The average Bonchev–Trinajstić information content (AvgIpc) is 2.72. The molecule has 0 saturated carbocycles. The lowest BCUT2D eigenvalue weighted by Gasteiger charge is -2.42. The van der Waals surface area contributed by atoms with Gasteiger partial charge in [0.15, 0.2) is 0 Å². The van der Waals surface area contributed by atoms with Crippen LogP contribution in [0.2, 0.25) is 0 Å². The van der Waals surface area contributed by atoms with Gasteiger partial charge in [0, 0.05) is 31.7 Å². The number of hydrogen-bond donors (Lipinski definition) is 1. The molecule has 0 aliphatic carbocycles. The fraction of sp³-hybridized carbons (Fsp3) is 0.381. The number of ether oxygens (including phenoxy) is 2. The number of fused-ring (bicyclic) bond motifs is 1. The maximum absolute atomic E-state index is 9.08. The summed E-state index contributed by atoms with van der Waals surface area (Å²) in [5.41, 5.74) is 2.88. The normalized spacial score (nSPS) is 22.9. The number of nitrogens with zero attached hydrogens (tertiary/aromatic N) is 2. The minimum absolute atomic E-state index is 0.0336. The molecule has 1 fully saturated rings. The molecule has 2 aliphatic rings. The van der Waals surface area contributed by atoms with Crippen molar-refractivity contribution < 1.29 is 9.47 Å². The van der Waals surface area contributed by atoms with Crippen LogP contribution in [0.25, 0.3) is 0 Å². The lowest BCUT2D eigenvalue weighted by molar-refractivity contribution is -0.0617. The summed E-state index contributed by atoms with van der Waals surface area (Å²) < 4.78 is 12.3. The summed E-state index contributed by atoms with van der Waals surface area (Å²) in [5, 5.41) is 12.5. The van der Waals surface area contributed by atoms with Crippen molar-refractivity contribution in [1.82, 2.24) is 10.2 Å². The van der Waals surface area contributed by atoms with Gasteiger partial charge in [-0.3, -0.25) is 4.90 Å². The number of hydrogen-bond acceptors (Lipinski definition) is 5. The van der Waals surface area contributed by atoms with Gasteiger partial charge in [-0.1, -0.05) is 30.3 Å². The van der Waals surface area contributed by atoms with Gasteiger partial charge in [-0.15, -0.1) is 0 Å². The van der Waals surface area contributed by atoms with Gasteiger partial charge in [-0.25, -0.2) is 0 Å². The zero-order valence-electron chi connectivity index (χ0n) is 14.7. The largest absolute Gasteiger partial charge is 0.490 e. The van der Waals surface area contributed by atoms with E-state index in [4.69, 9.17) is 14.7 Å². The Balaban J connectivity index is 1.54. The maximum atomic E-state index is 9.08. The average molecular weight is 349 g/mol. The second-order valence-electron chi connectivity index (χ2n) is 6.74. The van der Waals surface area contributed by atoms with E-state index in [-0.39, 0.29) is 12.1 Å². The first-order chi connectivity index (χ1) is 12.8. The van der Waals surface area contributed by atoms with E-state index in [0.717, 1.165) is 37.5 Å². The first kappa shape index (κ1) is 17.0. The van der Waals surface area contributed by atoms with Crippen LogP contribution < -0.4 is 10.1 Å². The highest BCUT2D eigenvalue weighted by molar-refractivity contribution is 5.39. The third kappa shape index (κ3) is 3.58. The summed E-state index contributed by atoms with van der Waals surface area (Å²) in [5.74, 6) is 0.961. The number of rotatable bonds is 4. The quantitative estimate of drug-likeness (QED) is 0.919. The summed E-state index contributed by atoms with van der Waals surface area (Å²) in [6.45, 7) is 5.02. The molecule has 2 aromatic carbocycles. The third-order valence-corrected chi connectivity index (χ3v) is 5.06. The van der Waals surface area contributed by atoms with Crippen LogP contribution in [0.3, 0.4) is 0 Å². The number of para-hydroxylation sites is 1. The molecule has 4 rings (SSSR count). The van der Waals surface area contributed by atoms with Crippen molar-refractivity contribution >= 4 is 0 Å². The van der Waals surface area contributed by atoms with Gasteiger partial charge < -0.3 is 14.8 Å². The molecule has 26 heavy (non-hydrogen) atoms. The van der Waals surface area contributed by atoms with Crippen LogP contribution >= 0.6 is 0 Å². The second kappa shape index (κ2) is 7.88. The fourth-order valence-corrected chi connectivity index (χ4v) is 3.78. The van der Waals surface area contributed by atoms with E-state index in [0.29, 0.717) is 18.8 Å². The van der Waals surface area contributed by atoms with E-state index in [9.17, 15) is 0 Å². The molecule has 2 atom stereocenters. The molecule has 2 aromatic rings. The van der Waals surface area contributed by atoms with E-state index in [2.05, 4.69) is 28.4 Å². The molecular weight excluding hydrogens is 326 g/mol. The third-order valence-electron chi connectivity index (χ3n) is 5.06. The smallest absolute Gasteiger partial charge is 0.124 e. The van der Waals surface area contributed by atoms with Crippen molar-refractivity contribution in [2.45, 2.75) is 18.8 Å². The van der Waals surface area contributed by atoms with Crippen LogP contribution in [0.4, 0.5) is 0 Å².